The van der Waals surface area contributed by atoms with E-state index in [4.69, 9.17) is 21.5 Å². The maximum atomic E-state index is 12.6. The summed E-state index contributed by atoms with van der Waals surface area (Å²) >= 11 is 5.99. The lowest BCUT2D eigenvalue weighted by Crippen LogP contribution is -2.17. The lowest BCUT2D eigenvalue weighted by molar-refractivity contribution is 0.0521. The average molecular weight is 419 g/mol. The van der Waals surface area contributed by atoms with Crippen LogP contribution in [-0.4, -0.2) is 25.6 Å². The number of halogens is 1. The van der Waals surface area contributed by atoms with E-state index in [0.29, 0.717) is 22.0 Å². The Labute approximate surface area is 168 Å². The van der Waals surface area contributed by atoms with E-state index in [2.05, 4.69) is 0 Å². The number of hydrogen-bond donors (Lipinski definition) is 1. The summed E-state index contributed by atoms with van der Waals surface area (Å²) in [6.45, 7) is 3.42. The summed E-state index contributed by atoms with van der Waals surface area (Å²) in [5.41, 5.74) is 1.86. The minimum Gasteiger partial charge on any atom is -0.462 e. The summed E-state index contributed by atoms with van der Waals surface area (Å²) in [5.74, 6) is -0.742. The number of aromatic nitrogens is 1. The predicted molar refractivity (Wildman–Crippen MR) is 108 cm³/mol. The average Bonchev–Trinajstić information content (AvgIpc) is 2.97. The zero-order valence-electron chi connectivity index (χ0n) is 15.3. The number of carbonyl (C=O) groups is 1. The molecule has 6 nitrogen and oxygen atoms in total. The highest BCUT2D eigenvalue weighted by Gasteiger charge is 2.33. The van der Waals surface area contributed by atoms with Crippen LogP contribution in [0.25, 0.3) is 16.9 Å². The second-order valence-electron chi connectivity index (χ2n) is 6.08. The van der Waals surface area contributed by atoms with Gasteiger partial charge in [-0.25, -0.2) is 18.4 Å². The predicted octanol–water partition coefficient (Wildman–Crippen LogP) is 3.93. The number of nitrogens with two attached hydrogens (primary N) is 1. The van der Waals surface area contributed by atoms with Crippen LogP contribution in [-0.2, 0) is 14.8 Å². The third-order valence-corrected chi connectivity index (χ3v) is 5.48. The number of carbonyl (C=O) groups excluding carboxylic acids is 1. The third-order valence-electron chi connectivity index (χ3n) is 4.26. The number of nitrogens with zero attached hydrogens (tertiary/aromatic N) is 1. The van der Waals surface area contributed by atoms with Crippen LogP contribution in [0.15, 0.2) is 59.5 Å². The summed E-state index contributed by atoms with van der Waals surface area (Å²) in [4.78, 5) is 12.4. The summed E-state index contributed by atoms with van der Waals surface area (Å²) in [6, 6.07) is 15.8. The van der Waals surface area contributed by atoms with E-state index >= 15 is 0 Å². The Kier molecular flexibility index (Phi) is 5.60. The maximum Gasteiger partial charge on any atom is 0.341 e. The molecule has 0 saturated heterocycles. The van der Waals surface area contributed by atoms with E-state index in [0.717, 1.165) is 0 Å². The summed E-state index contributed by atoms with van der Waals surface area (Å²) in [5, 5.41) is 6.05. The molecular formula is C20H19ClN2O4S. The van der Waals surface area contributed by atoms with Crippen LogP contribution >= 0.6 is 11.6 Å². The smallest absolute Gasteiger partial charge is 0.341 e. The van der Waals surface area contributed by atoms with Crippen molar-refractivity contribution in [1.29, 1.82) is 0 Å². The van der Waals surface area contributed by atoms with Crippen molar-refractivity contribution < 1.29 is 17.9 Å². The summed E-state index contributed by atoms with van der Waals surface area (Å²) < 4.78 is 31.9. The van der Waals surface area contributed by atoms with Gasteiger partial charge in [0, 0.05) is 22.0 Å². The lowest BCUT2D eigenvalue weighted by Gasteiger charge is -2.13. The highest BCUT2D eigenvalue weighted by Crippen LogP contribution is 2.37. The van der Waals surface area contributed by atoms with Crippen molar-refractivity contribution >= 4 is 27.6 Å². The molecule has 0 radical (unpaired) electrons. The molecule has 3 aromatic rings. The molecule has 0 bridgehead atoms. The molecule has 0 unspecified atom stereocenters. The molecule has 0 amide bonds. The van der Waals surface area contributed by atoms with Crippen molar-refractivity contribution in [2.75, 3.05) is 6.61 Å². The van der Waals surface area contributed by atoms with Gasteiger partial charge in [0.2, 0.25) is 10.0 Å². The van der Waals surface area contributed by atoms with Crippen molar-refractivity contribution in [1.82, 2.24) is 4.57 Å². The Morgan fingerprint density at radius 2 is 1.71 bits per heavy atom. The van der Waals surface area contributed by atoms with Crippen molar-refractivity contribution in [2.24, 2.45) is 5.14 Å². The number of primary sulfonamides is 1. The molecule has 1 heterocycles. The van der Waals surface area contributed by atoms with E-state index < -0.39 is 16.0 Å². The van der Waals surface area contributed by atoms with Gasteiger partial charge < -0.3 is 9.30 Å². The molecule has 0 atom stereocenters. The fraction of sp³-hybridized carbons (Fsp3) is 0.150. The molecule has 0 saturated carbocycles. The fourth-order valence-electron chi connectivity index (χ4n) is 3.15. The number of sulfonamides is 1. The number of benzene rings is 2. The van der Waals surface area contributed by atoms with Gasteiger partial charge in [-0.15, -0.1) is 0 Å². The second kappa shape index (κ2) is 7.79. The molecule has 2 aromatic carbocycles. The Bertz CT molecular complexity index is 1120. The van der Waals surface area contributed by atoms with E-state index in [1.807, 2.05) is 30.3 Å². The van der Waals surface area contributed by atoms with Crippen LogP contribution in [0.1, 0.15) is 23.0 Å². The first kappa shape index (κ1) is 20.1. The number of ether oxygens (including phenoxy) is 1. The van der Waals surface area contributed by atoms with Gasteiger partial charge in [-0.3, -0.25) is 0 Å². The summed E-state index contributed by atoms with van der Waals surface area (Å²) in [6.07, 6.45) is 0. The highest BCUT2D eigenvalue weighted by molar-refractivity contribution is 7.89. The SMILES string of the molecule is CCOC(=O)c1c(S(N)(=O)=O)c(-c2ccc(Cl)cc2)n(-c2ccccc2)c1C. The second-order valence-corrected chi connectivity index (χ2v) is 8.02. The molecule has 146 valence electrons. The quantitative estimate of drug-likeness (QED) is 0.635. The first-order chi connectivity index (χ1) is 13.3. The van der Waals surface area contributed by atoms with E-state index in [-0.39, 0.29) is 22.8 Å². The first-order valence-electron chi connectivity index (χ1n) is 8.52. The molecule has 2 N–H and O–H groups in total. The normalized spacial score (nSPS) is 11.4. The van der Waals surface area contributed by atoms with Crippen molar-refractivity contribution in [2.45, 2.75) is 18.7 Å². The van der Waals surface area contributed by atoms with Crippen LogP contribution in [0.4, 0.5) is 0 Å². The number of para-hydroxylation sites is 1. The van der Waals surface area contributed by atoms with Crippen LogP contribution in [0.3, 0.4) is 0 Å². The van der Waals surface area contributed by atoms with Crippen LogP contribution in [0.2, 0.25) is 5.02 Å². The molecule has 0 aliphatic carbocycles. The minimum absolute atomic E-state index is 0.0712. The fourth-order valence-corrected chi connectivity index (χ4v) is 4.27. The molecule has 28 heavy (non-hydrogen) atoms. The first-order valence-corrected chi connectivity index (χ1v) is 10.4. The molecule has 8 heteroatoms. The van der Waals surface area contributed by atoms with Crippen LogP contribution < -0.4 is 5.14 Å². The monoisotopic (exact) mass is 418 g/mol. The number of esters is 1. The Morgan fingerprint density at radius 3 is 2.25 bits per heavy atom. The minimum atomic E-state index is -4.25. The Hall–Kier alpha value is -2.61. The zero-order valence-corrected chi connectivity index (χ0v) is 16.9. The number of hydrogen-bond acceptors (Lipinski definition) is 4. The van der Waals surface area contributed by atoms with Gasteiger partial charge in [0.05, 0.1) is 12.3 Å². The third kappa shape index (κ3) is 3.69. The van der Waals surface area contributed by atoms with Gasteiger partial charge in [-0.1, -0.05) is 41.9 Å². The molecule has 0 aliphatic heterocycles. The Balaban J connectivity index is 2.48. The standard InChI is InChI=1S/C20H19ClN2O4S/c1-3-27-20(24)17-13(2)23(16-7-5-4-6-8-16)18(19(17)28(22,25)26)14-9-11-15(21)12-10-14/h4-12H,3H2,1-2H3,(H2,22,25,26). The van der Waals surface area contributed by atoms with Gasteiger partial charge in [0.15, 0.2) is 0 Å². The van der Waals surface area contributed by atoms with Crippen molar-refractivity contribution in [3.05, 3.63) is 70.9 Å². The highest BCUT2D eigenvalue weighted by atomic mass is 35.5. The zero-order chi connectivity index (χ0) is 20.5. The van der Waals surface area contributed by atoms with Crippen molar-refractivity contribution in [3.63, 3.8) is 0 Å². The van der Waals surface area contributed by atoms with Crippen LogP contribution in [0.5, 0.6) is 0 Å². The molecular weight excluding hydrogens is 400 g/mol. The van der Waals surface area contributed by atoms with Gasteiger partial charge in [-0.2, -0.15) is 0 Å². The molecule has 1 aromatic heterocycles. The lowest BCUT2D eigenvalue weighted by atomic mass is 10.1. The van der Waals surface area contributed by atoms with Crippen LogP contribution in [0, 0.1) is 6.92 Å². The van der Waals surface area contributed by atoms with E-state index in [1.54, 1.807) is 42.7 Å². The van der Waals surface area contributed by atoms with E-state index in [1.165, 1.54) is 0 Å². The molecule has 0 spiro atoms. The molecule has 3 rings (SSSR count). The van der Waals surface area contributed by atoms with Gasteiger partial charge >= 0.3 is 5.97 Å². The topological polar surface area (TPSA) is 91.4 Å². The maximum absolute atomic E-state index is 12.6. The molecule has 0 fully saturated rings. The van der Waals surface area contributed by atoms with Gasteiger partial charge in [0.25, 0.3) is 0 Å². The van der Waals surface area contributed by atoms with Crippen molar-refractivity contribution in [3.8, 4) is 16.9 Å². The van der Waals surface area contributed by atoms with E-state index in [9.17, 15) is 13.2 Å². The molecule has 0 aliphatic rings. The number of rotatable bonds is 5. The Morgan fingerprint density at radius 1 is 1.11 bits per heavy atom. The van der Waals surface area contributed by atoms with Gasteiger partial charge in [0.1, 0.15) is 10.5 Å². The summed E-state index contributed by atoms with van der Waals surface area (Å²) in [7, 11) is -4.25. The van der Waals surface area contributed by atoms with Gasteiger partial charge in [-0.05, 0) is 38.1 Å². The largest absolute Gasteiger partial charge is 0.462 e.